The molecule has 0 spiro atoms. The third-order valence-corrected chi connectivity index (χ3v) is 10.6. The molecule has 0 bridgehead atoms. The summed E-state index contributed by atoms with van der Waals surface area (Å²) < 4.78 is 0. The van der Waals surface area contributed by atoms with Gasteiger partial charge in [-0.3, -0.25) is 4.79 Å². The molecular formula is C49H91NO3. The number of nitrogens with one attached hydrogen (secondary N) is 1. The van der Waals surface area contributed by atoms with Gasteiger partial charge in [0.05, 0.1) is 18.8 Å². The highest BCUT2D eigenvalue weighted by atomic mass is 16.3. The van der Waals surface area contributed by atoms with E-state index in [0.29, 0.717) is 6.42 Å². The van der Waals surface area contributed by atoms with Gasteiger partial charge in [-0.15, -0.1) is 0 Å². The van der Waals surface area contributed by atoms with Gasteiger partial charge in [-0.05, 0) is 51.4 Å². The number of rotatable bonds is 42. The van der Waals surface area contributed by atoms with Crippen molar-refractivity contribution < 1.29 is 15.0 Å². The Bertz CT molecular complexity index is 847. The van der Waals surface area contributed by atoms with Crippen molar-refractivity contribution in [3.63, 3.8) is 0 Å². The number of carbonyl (C=O) groups excluding carboxylic acids is 1. The van der Waals surface area contributed by atoms with Gasteiger partial charge in [0.25, 0.3) is 0 Å². The molecule has 0 heterocycles. The second-order valence-electron chi connectivity index (χ2n) is 15.8. The summed E-state index contributed by atoms with van der Waals surface area (Å²) in [6.07, 6.45) is 61.6. The number of aliphatic hydroxyl groups is 2. The molecule has 0 fully saturated rings. The second-order valence-corrected chi connectivity index (χ2v) is 15.8. The number of allylic oxidation sites excluding steroid dienone is 7. The van der Waals surface area contributed by atoms with Crippen LogP contribution in [0.5, 0.6) is 0 Å². The van der Waals surface area contributed by atoms with Crippen LogP contribution in [0.4, 0.5) is 0 Å². The zero-order valence-corrected chi connectivity index (χ0v) is 35.5. The van der Waals surface area contributed by atoms with E-state index in [0.717, 1.165) is 44.9 Å². The van der Waals surface area contributed by atoms with E-state index in [4.69, 9.17) is 0 Å². The highest BCUT2D eigenvalue weighted by molar-refractivity contribution is 5.76. The molecule has 0 radical (unpaired) electrons. The molecule has 3 N–H and O–H groups in total. The number of carbonyl (C=O) groups is 1. The maximum atomic E-state index is 12.2. The summed E-state index contributed by atoms with van der Waals surface area (Å²) in [4.78, 5) is 12.2. The first-order valence-corrected chi connectivity index (χ1v) is 23.4. The van der Waals surface area contributed by atoms with Crippen LogP contribution in [0.2, 0.25) is 0 Å². The van der Waals surface area contributed by atoms with Crippen molar-refractivity contribution in [2.45, 2.75) is 251 Å². The van der Waals surface area contributed by atoms with E-state index in [-0.39, 0.29) is 12.5 Å². The first-order chi connectivity index (χ1) is 26.2. The molecule has 0 saturated heterocycles. The zero-order chi connectivity index (χ0) is 38.6. The van der Waals surface area contributed by atoms with E-state index in [1.807, 2.05) is 6.08 Å². The summed E-state index contributed by atoms with van der Waals surface area (Å²) in [5.41, 5.74) is 0. The predicted octanol–water partition coefficient (Wildman–Crippen LogP) is 14.7. The van der Waals surface area contributed by atoms with Gasteiger partial charge in [-0.1, -0.05) is 229 Å². The van der Waals surface area contributed by atoms with E-state index < -0.39 is 12.1 Å². The van der Waals surface area contributed by atoms with Crippen LogP contribution in [0, 0.1) is 0 Å². The molecule has 1 amide bonds. The van der Waals surface area contributed by atoms with Crippen LogP contribution in [0.3, 0.4) is 0 Å². The van der Waals surface area contributed by atoms with Crippen molar-refractivity contribution in [1.29, 1.82) is 0 Å². The van der Waals surface area contributed by atoms with Crippen molar-refractivity contribution in [3.8, 4) is 0 Å². The Morgan fingerprint density at radius 1 is 0.453 bits per heavy atom. The number of hydrogen-bond donors (Lipinski definition) is 3. The van der Waals surface area contributed by atoms with E-state index in [9.17, 15) is 15.0 Å². The van der Waals surface area contributed by atoms with E-state index in [1.165, 1.54) is 173 Å². The molecule has 4 heteroatoms. The molecule has 310 valence electrons. The Kier molecular flexibility index (Phi) is 43.4. The average molecular weight is 742 g/mol. The number of amides is 1. The van der Waals surface area contributed by atoms with Crippen molar-refractivity contribution in [2.24, 2.45) is 0 Å². The Morgan fingerprint density at radius 2 is 0.792 bits per heavy atom. The van der Waals surface area contributed by atoms with Crippen LogP contribution in [0.25, 0.3) is 0 Å². The van der Waals surface area contributed by atoms with Crippen molar-refractivity contribution in [3.05, 3.63) is 48.6 Å². The van der Waals surface area contributed by atoms with E-state index >= 15 is 0 Å². The molecular weight excluding hydrogens is 651 g/mol. The minimum atomic E-state index is -0.833. The summed E-state index contributed by atoms with van der Waals surface area (Å²) in [5, 5.41) is 22.5. The lowest BCUT2D eigenvalue weighted by Crippen LogP contribution is -2.45. The first-order valence-electron chi connectivity index (χ1n) is 23.4. The van der Waals surface area contributed by atoms with Crippen molar-refractivity contribution >= 4 is 5.91 Å². The van der Waals surface area contributed by atoms with Crippen LogP contribution >= 0.6 is 0 Å². The maximum Gasteiger partial charge on any atom is 0.220 e. The molecule has 0 aliphatic rings. The molecule has 0 aromatic carbocycles. The van der Waals surface area contributed by atoms with Crippen LogP contribution in [-0.4, -0.2) is 34.9 Å². The molecule has 4 nitrogen and oxygen atoms in total. The molecule has 0 aromatic rings. The Labute approximate surface area is 331 Å². The smallest absolute Gasteiger partial charge is 0.220 e. The molecule has 53 heavy (non-hydrogen) atoms. The molecule has 0 rings (SSSR count). The highest BCUT2D eigenvalue weighted by Crippen LogP contribution is 2.16. The van der Waals surface area contributed by atoms with Gasteiger partial charge in [0, 0.05) is 6.42 Å². The molecule has 0 aliphatic heterocycles. The van der Waals surface area contributed by atoms with Gasteiger partial charge in [0.15, 0.2) is 0 Å². The molecule has 0 aliphatic carbocycles. The van der Waals surface area contributed by atoms with Crippen LogP contribution in [0.1, 0.15) is 239 Å². The van der Waals surface area contributed by atoms with Crippen LogP contribution in [0.15, 0.2) is 48.6 Å². The topological polar surface area (TPSA) is 69.6 Å². The van der Waals surface area contributed by atoms with Gasteiger partial charge < -0.3 is 15.5 Å². The van der Waals surface area contributed by atoms with Crippen LogP contribution < -0.4 is 5.32 Å². The summed E-state index contributed by atoms with van der Waals surface area (Å²) in [5.74, 6) is -0.0717. The van der Waals surface area contributed by atoms with Gasteiger partial charge in [-0.25, -0.2) is 0 Å². The van der Waals surface area contributed by atoms with Crippen molar-refractivity contribution in [2.75, 3.05) is 6.61 Å². The fourth-order valence-electron chi connectivity index (χ4n) is 6.94. The van der Waals surface area contributed by atoms with E-state index in [2.05, 4.69) is 55.6 Å². The number of unbranched alkanes of at least 4 members (excludes halogenated alkanes) is 29. The first kappa shape index (κ1) is 51.4. The molecule has 2 atom stereocenters. The molecule has 0 saturated carbocycles. The minimum absolute atomic E-state index is 0.0717. The lowest BCUT2D eigenvalue weighted by Gasteiger charge is -2.19. The van der Waals surface area contributed by atoms with Crippen LogP contribution in [-0.2, 0) is 4.79 Å². The molecule has 2 unspecified atom stereocenters. The summed E-state index contributed by atoms with van der Waals surface area (Å²) in [7, 11) is 0. The van der Waals surface area contributed by atoms with E-state index in [1.54, 1.807) is 6.08 Å². The summed E-state index contributed by atoms with van der Waals surface area (Å²) in [6.45, 7) is 4.16. The predicted molar refractivity (Wildman–Crippen MR) is 235 cm³/mol. The standard InChI is InChI=1S/C49H91NO3/c1-3-5-7-9-10-11-12-13-14-15-16-17-18-19-20-21-22-23-24-25-26-27-28-29-30-31-32-33-34-35-36-37-38-39-40-41-43-45-49(53)50-47(46-51)48(52)44-42-8-6-4-2/h12-13,15-16,18-19,42,44,47-48,51-52H,3-11,14,17,20-41,43,45-46H2,1-2H3,(H,50,53)/b13-12-,16-15-,19-18-,44-42+. The normalized spacial score (nSPS) is 13.4. The third kappa shape index (κ3) is 41.4. The molecule has 0 aromatic heterocycles. The SMILES string of the molecule is CCCC/C=C/C(O)C(CO)NC(=O)CCCCCCCCCCCCCCCCCCCCCCCC/C=C\C/C=C\C/C=C\CCCCCCC. The Hall–Kier alpha value is -1.65. The number of hydrogen-bond acceptors (Lipinski definition) is 3. The lowest BCUT2D eigenvalue weighted by molar-refractivity contribution is -0.123. The van der Waals surface area contributed by atoms with Gasteiger partial charge >= 0.3 is 0 Å². The van der Waals surface area contributed by atoms with Gasteiger partial charge in [-0.2, -0.15) is 0 Å². The average Bonchev–Trinajstić information content (AvgIpc) is 3.16. The maximum absolute atomic E-state index is 12.2. The minimum Gasteiger partial charge on any atom is -0.394 e. The van der Waals surface area contributed by atoms with Gasteiger partial charge in [0.1, 0.15) is 0 Å². The fourth-order valence-corrected chi connectivity index (χ4v) is 6.94. The second kappa shape index (κ2) is 44.7. The van der Waals surface area contributed by atoms with Crippen molar-refractivity contribution in [1.82, 2.24) is 5.32 Å². The van der Waals surface area contributed by atoms with Gasteiger partial charge in [0.2, 0.25) is 5.91 Å². The Balaban J connectivity index is 3.33. The fraction of sp³-hybridized carbons (Fsp3) is 0.816. The zero-order valence-electron chi connectivity index (χ0n) is 35.5. The number of aliphatic hydroxyl groups excluding tert-OH is 2. The largest absolute Gasteiger partial charge is 0.394 e. The summed E-state index contributed by atoms with van der Waals surface area (Å²) in [6, 6.07) is -0.616. The lowest BCUT2D eigenvalue weighted by atomic mass is 10.0. The highest BCUT2D eigenvalue weighted by Gasteiger charge is 2.17. The monoisotopic (exact) mass is 742 g/mol. The Morgan fingerprint density at radius 3 is 1.19 bits per heavy atom. The summed E-state index contributed by atoms with van der Waals surface area (Å²) >= 11 is 0. The quantitative estimate of drug-likeness (QED) is 0.0431. The third-order valence-electron chi connectivity index (χ3n) is 10.6.